The van der Waals surface area contributed by atoms with Crippen molar-refractivity contribution in [2.75, 3.05) is 39.4 Å². The Morgan fingerprint density at radius 3 is 2.55 bits per heavy atom. The van der Waals surface area contributed by atoms with Crippen LogP contribution in [-0.4, -0.2) is 56.4 Å². The molecule has 1 fully saturated rings. The lowest BCUT2D eigenvalue weighted by Crippen LogP contribution is -2.41. The van der Waals surface area contributed by atoms with Crippen LogP contribution in [0.3, 0.4) is 0 Å². The van der Waals surface area contributed by atoms with E-state index in [-0.39, 0.29) is 18.9 Å². The molecule has 4 nitrogen and oxygen atoms in total. The van der Waals surface area contributed by atoms with Gasteiger partial charge < -0.3 is 15.0 Å². The highest BCUT2D eigenvalue weighted by atomic mass is 19.4. The fourth-order valence-corrected chi connectivity index (χ4v) is 2.24. The Kier molecular flexibility index (Phi) is 7.29. The molecule has 0 aromatic heterocycles. The highest BCUT2D eigenvalue weighted by molar-refractivity contribution is 5.76. The summed E-state index contributed by atoms with van der Waals surface area (Å²) in [4.78, 5) is 13.5. The van der Waals surface area contributed by atoms with Crippen molar-refractivity contribution in [2.45, 2.75) is 32.4 Å². The third-order valence-electron chi connectivity index (χ3n) is 3.38. The van der Waals surface area contributed by atoms with Crippen molar-refractivity contribution in [3.05, 3.63) is 0 Å². The van der Waals surface area contributed by atoms with E-state index in [9.17, 15) is 18.0 Å². The molecule has 1 aliphatic heterocycles. The Morgan fingerprint density at radius 1 is 1.35 bits per heavy atom. The molecular weight excluding hydrogens is 273 g/mol. The summed E-state index contributed by atoms with van der Waals surface area (Å²) in [6.07, 6.45) is -2.41. The Morgan fingerprint density at radius 2 is 2.00 bits per heavy atom. The molecule has 118 valence electrons. The van der Waals surface area contributed by atoms with Crippen LogP contribution in [0.25, 0.3) is 0 Å². The first kappa shape index (κ1) is 17.2. The third kappa shape index (κ3) is 7.09. The van der Waals surface area contributed by atoms with Crippen molar-refractivity contribution in [1.82, 2.24) is 10.2 Å². The molecule has 0 bridgehead atoms. The van der Waals surface area contributed by atoms with Gasteiger partial charge in [0.15, 0.2) is 0 Å². The summed E-state index contributed by atoms with van der Waals surface area (Å²) in [7, 11) is 0. The van der Waals surface area contributed by atoms with Crippen molar-refractivity contribution < 1.29 is 22.7 Å². The molecule has 0 saturated carbocycles. The standard InChI is InChI=1S/C13H23F3N2O2/c1-2-17-9-11-3-6-18(7-4-11)12(19)5-8-20-10-13(14,15)16/h11,17H,2-10H2,1H3. The van der Waals surface area contributed by atoms with E-state index in [2.05, 4.69) is 17.0 Å². The summed E-state index contributed by atoms with van der Waals surface area (Å²) >= 11 is 0. The predicted molar refractivity (Wildman–Crippen MR) is 69.3 cm³/mol. The van der Waals surface area contributed by atoms with Crippen LogP contribution in [0.1, 0.15) is 26.2 Å². The Labute approximate surface area is 117 Å². The van der Waals surface area contributed by atoms with Crippen LogP contribution in [0.5, 0.6) is 0 Å². The van der Waals surface area contributed by atoms with E-state index in [0.29, 0.717) is 19.0 Å². The van der Waals surface area contributed by atoms with Crippen LogP contribution in [0.2, 0.25) is 0 Å². The van der Waals surface area contributed by atoms with Crippen LogP contribution in [0, 0.1) is 5.92 Å². The third-order valence-corrected chi connectivity index (χ3v) is 3.38. The van der Waals surface area contributed by atoms with Crippen LogP contribution >= 0.6 is 0 Å². The number of piperidine rings is 1. The minimum atomic E-state index is -4.33. The SMILES string of the molecule is CCNCC1CCN(C(=O)CCOCC(F)(F)F)CC1. The molecule has 1 heterocycles. The Bertz CT molecular complexity index is 290. The van der Waals surface area contributed by atoms with E-state index < -0.39 is 12.8 Å². The number of ether oxygens (including phenoxy) is 1. The van der Waals surface area contributed by atoms with Gasteiger partial charge in [-0.25, -0.2) is 0 Å². The summed E-state index contributed by atoms with van der Waals surface area (Å²) < 4.78 is 40.0. The van der Waals surface area contributed by atoms with Crippen molar-refractivity contribution in [3.63, 3.8) is 0 Å². The average molecular weight is 296 g/mol. The van der Waals surface area contributed by atoms with E-state index >= 15 is 0 Å². The maximum atomic E-state index is 11.9. The molecule has 7 heteroatoms. The summed E-state index contributed by atoms with van der Waals surface area (Å²) in [6, 6.07) is 0. The number of nitrogens with one attached hydrogen (secondary N) is 1. The zero-order valence-electron chi connectivity index (χ0n) is 11.8. The number of hydrogen-bond acceptors (Lipinski definition) is 3. The lowest BCUT2D eigenvalue weighted by molar-refractivity contribution is -0.175. The molecular formula is C13H23F3N2O2. The van der Waals surface area contributed by atoms with Gasteiger partial charge in [0.2, 0.25) is 5.91 Å². The topological polar surface area (TPSA) is 41.6 Å². The van der Waals surface area contributed by atoms with Crippen molar-refractivity contribution in [3.8, 4) is 0 Å². The molecule has 0 radical (unpaired) electrons. The van der Waals surface area contributed by atoms with E-state index in [1.54, 1.807) is 4.90 Å². The summed E-state index contributed by atoms with van der Waals surface area (Å²) in [5, 5.41) is 3.29. The van der Waals surface area contributed by atoms with Gasteiger partial charge in [0.05, 0.1) is 13.0 Å². The van der Waals surface area contributed by atoms with Crippen LogP contribution in [0.4, 0.5) is 13.2 Å². The molecule has 1 aliphatic rings. The molecule has 1 saturated heterocycles. The first-order chi connectivity index (χ1) is 9.42. The summed E-state index contributed by atoms with van der Waals surface area (Å²) in [5.74, 6) is 0.467. The summed E-state index contributed by atoms with van der Waals surface area (Å²) in [6.45, 7) is 3.88. The van der Waals surface area contributed by atoms with Crippen LogP contribution < -0.4 is 5.32 Å². The minimum absolute atomic E-state index is 0.0218. The zero-order valence-corrected chi connectivity index (χ0v) is 11.8. The number of alkyl halides is 3. The van der Waals surface area contributed by atoms with Crippen molar-refractivity contribution in [1.29, 1.82) is 0 Å². The monoisotopic (exact) mass is 296 g/mol. The van der Waals surface area contributed by atoms with Crippen LogP contribution in [-0.2, 0) is 9.53 Å². The van der Waals surface area contributed by atoms with E-state index in [0.717, 1.165) is 25.9 Å². The second kappa shape index (κ2) is 8.46. The molecule has 0 spiro atoms. The molecule has 20 heavy (non-hydrogen) atoms. The first-order valence-corrected chi connectivity index (χ1v) is 7.05. The van der Waals surface area contributed by atoms with Gasteiger partial charge in [0.1, 0.15) is 6.61 Å². The number of carbonyl (C=O) groups excluding carboxylic acids is 1. The van der Waals surface area contributed by atoms with Gasteiger partial charge in [0, 0.05) is 13.1 Å². The highest BCUT2D eigenvalue weighted by Crippen LogP contribution is 2.17. The maximum absolute atomic E-state index is 11.9. The fourth-order valence-electron chi connectivity index (χ4n) is 2.24. The van der Waals surface area contributed by atoms with Gasteiger partial charge in [-0.2, -0.15) is 13.2 Å². The number of carbonyl (C=O) groups is 1. The second-order valence-electron chi connectivity index (χ2n) is 5.05. The largest absolute Gasteiger partial charge is 0.411 e. The smallest absolute Gasteiger partial charge is 0.372 e. The van der Waals surface area contributed by atoms with Gasteiger partial charge in [-0.05, 0) is 31.8 Å². The van der Waals surface area contributed by atoms with Crippen molar-refractivity contribution in [2.24, 2.45) is 5.92 Å². The number of likely N-dealkylation sites (tertiary alicyclic amines) is 1. The van der Waals surface area contributed by atoms with Gasteiger partial charge in [-0.1, -0.05) is 6.92 Å². The number of amides is 1. The molecule has 0 atom stereocenters. The Hall–Kier alpha value is -0.820. The van der Waals surface area contributed by atoms with Crippen LogP contribution in [0.15, 0.2) is 0 Å². The quantitative estimate of drug-likeness (QED) is 0.729. The molecule has 1 N–H and O–H groups in total. The Balaban J connectivity index is 2.13. The number of nitrogens with zero attached hydrogens (tertiary/aromatic N) is 1. The second-order valence-corrected chi connectivity index (χ2v) is 5.05. The number of rotatable bonds is 7. The molecule has 0 aromatic carbocycles. The van der Waals surface area contributed by atoms with E-state index in [1.165, 1.54) is 0 Å². The van der Waals surface area contributed by atoms with E-state index in [4.69, 9.17) is 0 Å². The normalized spacial score (nSPS) is 17.5. The molecule has 1 rings (SSSR count). The average Bonchev–Trinajstić information content (AvgIpc) is 2.40. The first-order valence-electron chi connectivity index (χ1n) is 7.05. The van der Waals surface area contributed by atoms with Gasteiger partial charge in [0.25, 0.3) is 0 Å². The van der Waals surface area contributed by atoms with Crippen molar-refractivity contribution >= 4 is 5.91 Å². The number of halogens is 3. The zero-order chi connectivity index (χ0) is 15.0. The molecule has 0 unspecified atom stereocenters. The predicted octanol–water partition coefficient (Wildman–Crippen LogP) is 1.80. The molecule has 0 aromatic rings. The molecule has 1 amide bonds. The number of hydrogen-bond donors (Lipinski definition) is 1. The van der Waals surface area contributed by atoms with E-state index in [1.807, 2.05) is 0 Å². The fraction of sp³-hybridized carbons (Fsp3) is 0.923. The van der Waals surface area contributed by atoms with Gasteiger partial charge in [-0.15, -0.1) is 0 Å². The summed E-state index contributed by atoms with van der Waals surface area (Å²) in [5.41, 5.74) is 0. The maximum Gasteiger partial charge on any atom is 0.411 e. The molecule has 0 aliphatic carbocycles. The lowest BCUT2D eigenvalue weighted by Gasteiger charge is -2.32. The van der Waals surface area contributed by atoms with Gasteiger partial charge in [-0.3, -0.25) is 4.79 Å². The highest BCUT2D eigenvalue weighted by Gasteiger charge is 2.28. The minimum Gasteiger partial charge on any atom is -0.372 e. The lowest BCUT2D eigenvalue weighted by atomic mass is 9.96. The van der Waals surface area contributed by atoms with Gasteiger partial charge >= 0.3 is 6.18 Å².